The molecule has 1 aromatic heterocycles. The second-order valence-electron chi connectivity index (χ2n) is 4.30. The lowest BCUT2D eigenvalue weighted by Gasteiger charge is -2.11. The average Bonchev–Trinajstić information content (AvgIpc) is 2.72. The van der Waals surface area contributed by atoms with Crippen LogP contribution in [-0.4, -0.2) is 16.2 Å². The average molecular weight is 281 g/mol. The van der Waals surface area contributed by atoms with Crippen LogP contribution in [0.4, 0.5) is 18.3 Å². The maximum Gasteiger partial charge on any atom is 0.445 e. The molecule has 0 saturated heterocycles. The summed E-state index contributed by atoms with van der Waals surface area (Å²) in [7, 11) is 0. The Hall–Kier alpha value is -0.850. The maximum atomic E-state index is 12.3. The highest BCUT2D eigenvalue weighted by Crippen LogP contribution is 2.33. The molecule has 1 aromatic rings. The number of anilines is 1. The van der Waals surface area contributed by atoms with E-state index in [1.165, 1.54) is 12.8 Å². The lowest BCUT2D eigenvalue weighted by atomic mass is 10.1. The monoisotopic (exact) mass is 281 g/mol. The Kier molecular flexibility index (Phi) is 5.84. The van der Waals surface area contributed by atoms with E-state index in [1.807, 2.05) is 6.92 Å². The molecule has 0 bridgehead atoms. The van der Waals surface area contributed by atoms with Crippen LogP contribution in [0.2, 0.25) is 0 Å². The number of nitrogens with one attached hydrogen (secondary N) is 1. The van der Waals surface area contributed by atoms with Crippen LogP contribution in [0, 0.1) is 0 Å². The zero-order valence-electron chi connectivity index (χ0n) is 10.5. The van der Waals surface area contributed by atoms with Crippen LogP contribution >= 0.6 is 11.3 Å². The lowest BCUT2D eigenvalue weighted by molar-refractivity contribution is -0.138. The van der Waals surface area contributed by atoms with E-state index in [-0.39, 0.29) is 11.2 Å². The third kappa shape index (κ3) is 5.20. The van der Waals surface area contributed by atoms with Crippen molar-refractivity contribution >= 4 is 16.5 Å². The van der Waals surface area contributed by atoms with Crippen LogP contribution in [-0.2, 0) is 6.18 Å². The van der Waals surface area contributed by atoms with Gasteiger partial charge in [0.25, 0.3) is 0 Å². The van der Waals surface area contributed by atoms with Gasteiger partial charge < -0.3 is 5.32 Å². The van der Waals surface area contributed by atoms with Gasteiger partial charge in [-0.3, -0.25) is 0 Å². The molecular formula is C11H18F3N3S. The van der Waals surface area contributed by atoms with Crippen LogP contribution in [0.25, 0.3) is 0 Å². The molecule has 7 heteroatoms. The zero-order valence-corrected chi connectivity index (χ0v) is 11.4. The van der Waals surface area contributed by atoms with Gasteiger partial charge >= 0.3 is 6.18 Å². The Labute approximate surface area is 109 Å². The van der Waals surface area contributed by atoms with Gasteiger partial charge in [0.2, 0.25) is 10.1 Å². The lowest BCUT2D eigenvalue weighted by Crippen LogP contribution is -2.14. The van der Waals surface area contributed by atoms with Crippen molar-refractivity contribution in [3.63, 3.8) is 0 Å². The van der Waals surface area contributed by atoms with Crippen molar-refractivity contribution in [3.8, 4) is 0 Å². The molecule has 0 aliphatic rings. The zero-order chi connectivity index (χ0) is 13.6. The number of unbranched alkanes of at least 4 members (excludes halogenated alkanes) is 3. The molecule has 1 unspecified atom stereocenters. The topological polar surface area (TPSA) is 37.8 Å². The molecule has 18 heavy (non-hydrogen) atoms. The molecule has 1 rings (SSSR count). The molecule has 1 N–H and O–H groups in total. The van der Waals surface area contributed by atoms with E-state index in [2.05, 4.69) is 22.4 Å². The van der Waals surface area contributed by atoms with Gasteiger partial charge in [-0.15, -0.1) is 10.2 Å². The first-order valence-corrected chi connectivity index (χ1v) is 6.92. The summed E-state index contributed by atoms with van der Waals surface area (Å²) in [6.45, 7) is 4.09. The molecule has 0 saturated carbocycles. The fourth-order valence-electron chi connectivity index (χ4n) is 1.56. The molecule has 1 atom stereocenters. The number of nitrogens with zero attached hydrogens (tertiary/aromatic N) is 2. The second-order valence-corrected chi connectivity index (χ2v) is 5.28. The van der Waals surface area contributed by atoms with Crippen LogP contribution < -0.4 is 5.32 Å². The molecule has 104 valence electrons. The van der Waals surface area contributed by atoms with E-state index in [9.17, 15) is 13.2 Å². The summed E-state index contributed by atoms with van der Waals surface area (Å²) in [5.41, 5.74) is 0. The third-order valence-corrected chi connectivity index (χ3v) is 3.43. The minimum absolute atomic E-state index is 0.121. The summed E-state index contributed by atoms with van der Waals surface area (Å²) < 4.78 is 36.9. The molecule has 0 aliphatic carbocycles. The number of aromatic nitrogens is 2. The molecule has 0 spiro atoms. The van der Waals surface area contributed by atoms with Gasteiger partial charge in [0.05, 0.1) is 0 Å². The predicted molar refractivity (Wildman–Crippen MR) is 66.8 cm³/mol. The van der Waals surface area contributed by atoms with Gasteiger partial charge in [-0.2, -0.15) is 13.2 Å². The number of hydrogen-bond acceptors (Lipinski definition) is 4. The summed E-state index contributed by atoms with van der Waals surface area (Å²) >= 11 is 0.554. The van der Waals surface area contributed by atoms with Crippen molar-refractivity contribution in [3.05, 3.63) is 5.01 Å². The standard InChI is InChI=1S/C11H18F3N3S/c1-3-4-5-6-7-8(2)15-10-17-16-9(18-10)11(12,13)14/h8H,3-7H2,1-2H3,(H,15,17). The van der Waals surface area contributed by atoms with E-state index in [1.54, 1.807) is 0 Å². The van der Waals surface area contributed by atoms with Crippen LogP contribution in [0.5, 0.6) is 0 Å². The van der Waals surface area contributed by atoms with Gasteiger partial charge in [-0.1, -0.05) is 43.9 Å². The first-order valence-electron chi connectivity index (χ1n) is 6.10. The minimum Gasteiger partial charge on any atom is -0.358 e. The number of halogens is 3. The Morgan fingerprint density at radius 2 is 1.94 bits per heavy atom. The maximum absolute atomic E-state index is 12.3. The number of rotatable bonds is 7. The fraction of sp³-hybridized carbons (Fsp3) is 0.818. The van der Waals surface area contributed by atoms with Gasteiger partial charge in [0, 0.05) is 6.04 Å². The molecule has 0 aromatic carbocycles. The van der Waals surface area contributed by atoms with Crippen molar-refractivity contribution in [1.82, 2.24) is 10.2 Å². The molecule has 0 radical (unpaired) electrons. The minimum atomic E-state index is -4.40. The van der Waals surface area contributed by atoms with Crippen LogP contribution in [0.1, 0.15) is 51.0 Å². The van der Waals surface area contributed by atoms with E-state index in [4.69, 9.17) is 0 Å². The normalized spacial score (nSPS) is 13.6. The second kappa shape index (κ2) is 6.92. The third-order valence-electron chi connectivity index (χ3n) is 2.53. The molecule has 3 nitrogen and oxygen atoms in total. The van der Waals surface area contributed by atoms with E-state index in [0.29, 0.717) is 11.3 Å². The van der Waals surface area contributed by atoms with Crippen LogP contribution in [0.15, 0.2) is 0 Å². The van der Waals surface area contributed by atoms with Gasteiger partial charge in [0.15, 0.2) is 0 Å². The summed E-state index contributed by atoms with van der Waals surface area (Å²) in [6, 6.07) is 0.121. The van der Waals surface area contributed by atoms with Gasteiger partial charge in [-0.05, 0) is 13.3 Å². The Morgan fingerprint density at radius 1 is 1.22 bits per heavy atom. The number of alkyl halides is 3. The summed E-state index contributed by atoms with van der Waals surface area (Å²) in [5.74, 6) is 0. The fourth-order valence-corrected chi connectivity index (χ4v) is 2.28. The molecule has 0 aliphatic heterocycles. The quantitative estimate of drug-likeness (QED) is 0.756. The summed E-state index contributed by atoms with van der Waals surface area (Å²) in [4.78, 5) is 0. The van der Waals surface area contributed by atoms with Crippen molar-refractivity contribution in [2.24, 2.45) is 0 Å². The van der Waals surface area contributed by atoms with Gasteiger partial charge in [-0.25, -0.2) is 0 Å². The Balaban J connectivity index is 2.35. The van der Waals surface area contributed by atoms with E-state index < -0.39 is 11.2 Å². The number of hydrogen-bond donors (Lipinski definition) is 1. The largest absolute Gasteiger partial charge is 0.445 e. The van der Waals surface area contributed by atoms with E-state index >= 15 is 0 Å². The summed E-state index contributed by atoms with van der Waals surface area (Å²) in [5, 5.41) is 8.93. The van der Waals surface area contributed by atoms with Crippen molar-refractivity contribution in [1.29, 1.82) is 0 Å². The molecule has 0 fully saturated rings. The van der Waals surface area contributed by atoms with Gasteiger partial charge in [0.1, 0.15) is 0 Å². The molecule has 1 heterocycles. The first kappa shape index (κ1) is 15.2. The molecular weight excluding hydrogens is 263 g/mol. The Morgan fingerprint density at radius 3 is 2.50 bits per heavy atom. The SMILES string of the molecule is CCCCCCC(C)Nc1nnc(C(F)(F)F)s1. The Bertz CT molecular complexity index is 352. The van der Waals surface area contributed by atoms with Crippen molar-refractivity contribution in [2.45, 2.75) is 58.2 Å². The first-order chi connectivity index (χ1) is 8.43. The predicted octanol–water partition coefficient (Wildman–Crippen LogP) is 4.33. The van der Waals surface area contributed by atoms with Crippen molar-refractivity contribution < 1.29 is 13.2 Å². The van der Waals surface area contributed by atoms with E-state index in [0.717, 1.165) is 19.3 Å². The molecule has 0 amide bonds. The highest BCUT2D eigenvalue weighted by Gasteiger charge is 2.35. The van der Waals surface area contributed by atoms with Crippen molar-refractivity contribution in [2.75, 3.05) is 5.32 Å². The van der Waals surface area contributed by atoms with Crippen LogP contribution in [0.3, 0.4) is 0 Å². The smallest absolute Gasteiger partial charge is 0.358 e. The summed E-state index contributed by atoms with van der Waals surface area (Å²) in [6.07, 6.45) is 1.14. The highest BCUT2D eigenvalue weighted by molar-refractivity contribution is 7.15. The highest BCUT2D eigenvalue weighted by atomic mass is 32.1.